The molecule has 0 spiro atoms. The molecular weight excluding hydrogens is 579 g/mol. The van der Waals surface area contributed by atoms with E-state index in [2.05, 4.69) is 16.0 Å². The molecule has 0 saturated carbocycles. The molecule has 0 aromatic heterocycles. The van der Waals surface area contributed by atoms with Gasteiger partial charge in [0.2, 0.25) is 5.91 Å². The molecule has 224 valence electrons. The molecule has 1 unspecified atom stereocenters. The monoisotopic (exact) mass is 611 g/mol. The third kappa shape index (κ3) is 8.59. The lowest BCUT2D eigenvalue weighted by Gasteiger charge is -2.18. The van der Waals surface area contributed by atoms with E-state index in [4.69, 9.17) is 0 Å². The topological polar surface area (TPSA) is 87.3 Å². The van der Waals surface area contributed by atoms with Crippen molar-refractivity contribution in [3.8, 4) is 0 Å². The van der Waals surface area contributed by atoms with Crippen molar-refractivity contribution in [3.63, 3.8) is 0 Å². The first-order chi connectivity index (χ1) is 21.9. The van der Waals surface area contributed by atoms with Gasteiger partial charge in [0.1, 0.15) is 10.9 Å². The number of hydrogen-bond donors (Lipinski definition) is 3. The number of carbonyl (C=O) groups excluding carboxylic acids is 3. The van der Waals surface area contributed by atoms with Gasteiger partial charge in [0.25, 0.3) is 11.8 Å². The van der Waals surface area contributed by atoms with E-state index in [1.165, 1.54) is 11.8 Å². The Kier molecular flexibility index (Phi) is 10.2. The van der Waals surface area contributed by atoms with Crippen molar-refractivity contribution < 1.29 is 14.4 Å². The summed E-state index contributed by atoms with van der Waals surface area (Å²) in [4.78, 5) is 40.7. The molecule has 6 nitrogen and oxygen atoms in total. The Hall–Kier alpha value is -5.40. The number of carbonyl (C=O) groups is 3. The lowest BCUT2D eigenvalue weighted by molar-refractivity contribution is -0.116. The third-order valence-corrected chi connectivity index (χ3v) is 8.39. The van der Waals surface area contributed by atoms with Gasteiger partial charge in [-0.2, -0.15) is 0 Å². The summed E-state index contributed by atoms with van der Waals surface area (Å²) in [6, 6.07) is 40.9. The van der Waals surface area contributed by atoms with Gasteiger partial charge in [0.15, 0.2) is 0 Å². The van der Waals surface area contributed by atoms with E-state index in [-0.39, 0.29) is 17.5 Å². The fourth-order valence-corrected chi connectivity index (χ4v) is 5.56. The Balaban J connectivity index is 1.31. The van der Waals surface area contributed by atoms with Crippen molar-refractivity contribution >= 4 is 46.9 Å². The predicted molar refractivity (Wildman–Crippen MR) is 183 cm³/mol. The minimum absolute atomic E-state index is 0.112. The Labute approximate surface area is 267 Å². The van der Waals surface area contributed by atoms with Crippen LogP contribution in [0.2, 0.25) is 0 Å². The second-order valence-corrected chi connectivity index (χ2v) is 11.6. The Morgan fingerprint density at radius 2 is 1.24 bits per heavy atom. The smallest absolute Gasteiger partial charge is 0.272 e. The summed E-state index contributed by atoms with van der Waals surface area (Å²) in [7, 11) is 0. The van der Waals surface area contributed by atoms with Gasteiger partial charge in [-0.25, -0.2) is 0 Å². The summed E-state index contributed by atoms with van der Waals surface area (Å²) < 4.78 is 0. The Bertz CT molecular complexity index is 1810. The first-order valence-electron chi connectivity index (χ1n) is 14.5. The molecule has 0 aliphatic heterocycles. The van der Waals surface area contributed by atoms with Gasteiger partial charge >= 0.3 is 0 Å². The number of benzene rings is 5. The van der Waals surface area contributed by atoms with Crippen molar-refractivity contribution in [2.75, 3.05) is 10.6 Å². The zero-order chi connectivity index (χ0) is 31.6. The van der Waals surface area contributed by atoms with Gasteiger partial charge in [-0.05, 0) is 90.7 Å². The standard InChI is InChI=1S/C38H33N3O3S/c1-26-18-19-32(24-27(26)2)40-38(44)35(29-14-8-4-9-15-29)45-33-22-20-31(21-23-33)39-37(43)34(25-28-12-6-3-7-13-28)41-36(42)30-16-10-5-11-17-30/h3-25,35H,1-2H3,(H,39,43)(H,40,44)(H,41,42)/b34-25-. The van der Waals surface area contributed by atoms with Crippen LogP contribution in [-0.4, -0.2) is 17.7 Å². The van der Waals surface area contributed by atoms with Crippen LogP contribution in [0.5, 0.6) is 0 Å². The largest absolute Gasteiger partial charge is 0.325 e. The van der Waals surface area contributed by atoms with E-state index in [1.54, 1.807) is 42.5 Å². The molecule has 0 aliphatic rings. The van der Waals surface area contributed by atoms with Crippen LogP contribution in [0.25, 0.3) is 6.08 Å². The van der Waals surface area contributed by atoms with E-state index < -0.39 is 11.2 Å². The molecule has 5 aromatic rings. The average Bonchev–Trinajstić information content (AvgIpc) is 3.07. The maximum atomic E-state index is 13.5. The van der Waals surface area contributed by atoms with Crippen molar-refractivity contribution in [1.82, 2.24) is 5.32 Å². The number of amides is 3. The summed E-state index contributed by atoms with van der Waals surface area (Å²) in [6.45, 7) is 4.06. The van der Waals surface area contributed by atoms with E-state index >= 15 is 0 Å². The minimum Gasteiger partial charge on any atom is -0.325 e. The molecule has 7 heteroatoms. The highest BCUT2D eigenvalue weighted by atomic mass is 32.2. The van der Waals surface area contributed by atoms with Gasteiger partial charge in [-0.1, -0.05) is 84.9 Å². The Morgan fingerprint density at radius 3 is 1.89 bits per heavy atom. The van der Waals surface area contributed by atoms with Crippen molar-refractivity contribution in [3.05, 3.63) is 167 Å². The number of anilines is 2. The van der Waals surface area contributed by atoms with E-state index in [0.29, 0.717) is 11.3 Å². The maximum absolute atomic E-state index is 13.5. The fourth-order valence-electron chi connectivity index (χ4n) is 4.54. The van der Waals surface area contributed by atoms with Crippen molar-refractivity contribution in [2.45, 2.75) is 24.0 Å². The van der Waals surface area contributed by atoms with Gasteiger partial charge in [-0.15, -0.1) is 11.8 Å². The first-order valence-corrected chi connectivity index (χ1v) is 15.4. The van der Waals surface area contributed by atoms with Crippen LogP contribution in [0.4, 0.5) is 11.4 Å². The fraction of sp³-hybridized carbons (Fsp3) is 0.0789. The summed E-state index contributed by atoms with van der Waals surface area (Å²) in [6.07, 6.45) is 1.64. The van der Waals surface area contributed by atoms with Crippen LogP contribution < -0.4 is 16.0 Å². The molecule has 3 amide bonds. The molecule has 0 fully saturated rings. The van der Waals surface area contributed by atoms with Crippen LogP contribution >= 0.6 is 11.8 Å². The SMILES string of the molecule is Cc1ccc(NC(=O)C(Sc2ccc(NC(=O)/C(=C/c3ccccc3)NC(=O)c3ccccc3)cc2)c2ccccc2)cc1C. The molecule has 5 rings (SSSR count). The lowest BCUT2D eigenvalue weighted by Crippen LogP contribution is -2.30. The zero-order valence-electron chi connectivity index (χ0n) is 25.0. The molecule has 3 N–H and O–H groups in total. The summed E-state index contributed by atoms with van der Waals surface area (Å²) in [5, 5.41) is 8.21. The second kappa shape index (κ2) is 14.9. The highest BCUT2D eigenvalue weighted by Crippen LogP contribution is 2.37. The summed E-state index contributed by atoms with van der Waals surface area (Å²) in [5.41, 5.74) is 5.78. The molecule has 1 atom stereocenters. The molecule has 0 bridgehead atoms. The predicted octanol–water partition coefficient (Wildman–Crippen LogP) is 8.19. The third-order valence-electron chi connectivity index (χ3n) is 7.12. The van der Waals surface area contributed by atoms with E-state index in [0.717, 1.165) is 32.8 Å². The Morgan fingerprint density at radius 1 is 0.644 bits per heavy atom. The maximum Gasteiger partial charge on any atom is 0.272 e. The average molecular weight is 612 g/mol. The van der Waals surface area contributed by atoms with Crippen LogP contribution in [0, 0.1) is 13.8 Å². The summed E-state index contributed by atoms with van der Waals surface area (Å²) in [5.74, 6) is -0.971. The van der Waals surface area contributed by atoms with E-state index in [1.807, 2.05) is 111 Å². The highest BCUT2D eigenvalue weighted by molar-refractivity contribution is 8.00. The number of thioether (sulfide) groups is 1. The van der Waals surface area contributed by atoms with Crippen LogP contribution in [0.3, 0.4) is 0 Å². The number of nitrogens with one attached hydrogen (secondary N) is 3. The van der Waals surface area contributed by atoms with Gasteiger partial charge in [0, 0.05) is 21.8 Å². The summed E-state index contributed by atoms with van der Waals surface area (Å²) >= 11 is 1.43. The van der Waals surface area contributed by atoms with E-state index in [9.17, 15) is 14.4 Å². The number of aryl methyl sites for hydroxylation is 2. The lowest BCUT2D eigenvalue weighted by atomic mass is 10.1. The van der Waals surface area contributed by atoms with Gasteiger partial charge < -0.3 is 16.0 Å². The highest BCUT2D eigenvalue weighted by Gasteiger charge is 2.23. The van der Waals surface area contributed by atoms with Crippen LogP contribution in [-0.2, 0) is 9.59 Å². The zero-order valence-corrected chi connectivity index (χ0v) is 25.8. The molecular formula is C38H33N3O3S. The molecule has 0 aliphatic carbocycles. The molecule has 0 radical (unpaired) electrons. The molecule has 45 heavy (non-hydrogen) atoms. The van der Waals surface area contributed by atoms with Crippen LogP contribution in [0.1, 0.15) is 37.9 Å². The second-order valence-electron chi connectivity index (χ2n) is 10.5. The number of rotatable bonds is 10. The van der Waals surface area contributed by atoms with Crippen molar-refractivity contribution in [2.24, 2.45) is 0 Å². The minimum atomic E-state index is -0.498. The van der Waals surface area contributed by atoms with Crippen molar-refractivity contribution in [1.29, 1.82) is 0 Å². The van der Waals surface area contributed by atoms with Gasteiger partial charge in [-0.3, -0.25) is 14.4 Å². The first kappa shape index (κ1) is 31.0. The molecule has 0 saturated heterocycles. The van der Waals surface area contributed by atoms with Crippen LogP contribution in [0.15, 0.2) is 144 Å². The normalized spacial score (nSPS) is 11.7. The molecule has 5 aromatic carbocycles. The molecule has 0 heterocycles. The van der Waals surface area contributed by atoms with Gasteiger partial charge in [0.05, 0.1) is 0 Å². The number of hydrogen-bond acceptors (Lipinski definition) is 4. The quantitative estimate of drug-likeness (QED) is 0.110.